The van der Waals surface area contributed by atoms with E-state index in [-0.39, 0.29) is 6.10 Å². The highest BCUT2D eigenvalue weighted by molar-refractivity contribution is 5.06. The van der Waals surface area contributed by atoms with Gasteiger partial charge in [-0.25, -0.2) is 0 Å². The smallest absolute Gasteiger partial charge is 0.116 e. The normalized spacial score (nSPS) is 29.0. The Morgan fingerprint density at radius 2 is 2.31 bits per heavy atom. The Bertz CT molecular complexity index is 263. The van der Waals surface area contributed by atoms with E-state index in [2.05, 4.69) is 30.3 Å². The number of hydrogen-bond acceptors (Lipinski definition) is 4. The van der Waals surface area contributed by atoms with Crippen LogP contribution < -0.4 is 5.32 Å². The third-order valence-corrected chi connectivity index (χ3v) is 3.28. The molecule has 0 spiro atoms. The summed E-state index contributed by atoms with van der Waals surface area (Å²) < 4.78 is 5.55. The second-order valence-corrected chi connectivity index (χ2v) is 4.82. The molecule has 0 bridgehead atoms. The van der Waals surface area contributed by atoms with Gasteiger partial charge in [0.1, 0.15) is 5.54 Å². The van der Waals surface area contributed by atoms with Crippen molar-refractivity contribution in [2.45, 2.75) is 44.9 Å². The van der Waals surface area contributed by atoms with E-state index in [0.717, 1.165) is 26.1 Å². The van der Waals surface area contributed by atoms with Gasteiger partial charge in [-0.3, -0.25) is 10.2 Å². The highest BCUT2D eigenvalue weighted by Gasteiger charge is 2.32. The van der Waals surface area contributed by atoms with Gasteiger partial charge in [0.05, 0.1) is 12.2 Å². The maximum Gasteiger partial charge on any atom is 0.116 e. The van der Waals surface area contributed by atoms with Crippen molar-refractivity contribution in [3.05, 3.63) is 0 Å². The van der Waals surface area contributed by atoms with Gasteiger partial charge in [-0.1, -0.05) is 6.92 Å². The van der Waals surface area contributed by atoms with Crippen molar-refractivity contribution in [3.8, 4) is 6.07 Å². The van der Waals surface area contributed by atoms with E-state index in [1.807, 2.05) is 13.8 Å². The van der Waals surface area contributed by atoms with E-state index in [0.29, 0.717) is 6.04 Å². The molecule has 1 aliphatic rings. The van der Waals surface area contributed by atoms with Crippen LogP contribution in [-0.4, -0.2) is 49.3 Å². The average Bonchev–Trinajstić information content (AvgIpc) is 2.65. The molecular formula is C12H23N3O. The van der Waals surface area contributed by atoms with Crippen molar-refractivity contribution in [2.24, 2.45) is 0 Å². The molecular weight excluding hydrogens is 202 g/mol. The van der Waals surface area contributed by atoms with Crippen molar-refractivity contribution in [3.63, 3.8) is 0 Å². The fourth-order valence-electron chi connectivity index (χ4n) is 2.44. The van der Waals surface area contributed by atoms with Gasteiger partial charge in [-0.05, 0) is 33.9 Å². The summed E-state index contributed by atoms with van der Waals surface area (Å²) in [4.78, 5) is 2.24. The molecule has 0 radical (unpaired) electrons. The monoisotopic (exact) mass is 225 g/mol. The highest BCUT2D eigenvalue weighted by Crippen LogP contribution is 2.19. The predicted octanol–water partition coefficient (Wildman–Crippen LogP) is 0.987. The summed E-state index contributed by atoms with van der Waals surface area (Å²) >= 11 is 0. The van der Waals surface area contributed by atoms with E-state index in [1.54, 1.807) is 0 Å². The van der Waals surface area contributed by atoms with E-state index in [4.69, 9.17) is 4.74 Å². The summed E-state index contributed by atoms with van der Waals surface area (Å²) in [5, 5.41) is 12.4. The zero-order valence-electron chi connectivity index (χ0n) is 10.8. The molecule has 1 saturated heterocycles. The lowest BCUT2D eigenvalue weighted by molar-refractivity contribution is 0.0776. The Morgan fingerprint density at radius 1 is 1.62 bits per heavy atom. The number of nitrogens with one attached hydrogen (secondary N) is 1. The van der Waals surface area contributed by atoms with E-state index in [1.165, 1.54) is 0 Å². The molecule has 3 unspecified atom stereocenters. The number of rotatable bonds is 5. The van der Waals surface area contributed by atoms with Crippen LogP contribution in [0.1, 0.15) is 27.2 Å². The summed E-state index contributed by atoms with van der Waals surface area (Å²) in [7, 11) is 2.07. The molecule has 0 aromatic heterocycles. The second kappa shape index (κ2) is 5.62. The van der Waals surface area contributed by atoms with Crippen LogP contribution in [0.4, 0.5) is 0 Å². The fourth-order valence-corrected chi connectivity index (χ4v) is 2.44. The number of ether oxygens (including phenoxy) is 1. The molecule has 1 heterocycles. The van der Waals surface area contributed by atoms with Crippen molar-refractivity contribution >= 4 is 0 Å². The number of nitriles is 1. The molecule has 1 N–H and O–H groups in total. The average molecular weight is 225 g/mol. The number of likely N-dealkylation sites (N-methyl/N-ethyl adjacent to an activating group) is 2. The lowest BCUT2D eigenvalue weighted by Gasteiger charge is -2.33. The molecule has 0 amide bonds. The first-order valence-corrected chi connectivity index (χ1v) is 6.00. The third kappa shape index (κ3) is 3.18. The summed E-state index contributed by atoms with van der Waals surface area (Å²) in [6, 6.07) is 2.79. The molecule has 1 aliphatic heterocycles. The number of nitrogens with zero attached hydrogens (tertiary/aromatic N) is 2. The van der Waals surface area contributed by atoms with Gasteiger partial charge in [0.15, 0.2) is 0 Å². The summed E-state index contributed by atoms with van der Waals surface area (Å²) in [5.41, 5.74) is -0.466. The second-order valence-electron chi connectivity index (χ2n) is 4.82. The summed E-state index contributed by atoms with van der Waals surface area (Å²) in [6.07, 6.45) is 1.33. The zero-order valence-corrected chi connectivity index (χ0v) is 10.8. The molecule has 92 valence electrons. The van der Waals surface area contributed by atoms with Crippen LogP contribution in [-0.2, 0) is 4.74 Å². The Labute approximate surface area is 98.6 Å². The molecule has 1 fully saturated rings. The minimum Gasteiger partial charge on any atom is -0.377 e. The quantitative estimate of drug-likeness (QED) is 0.758. The largest absolute Gasteiger partial charge is 0.377 e. The van der Waals surface area contributed by atoms with Gasteiger partial charge in [-0.2, -0.15) is 5.26 Å². The van der Waals surface area contributed by atoms with Crippen LogP contribution in [0, 0.1) is 11.3 Å². The molecule has 0 aromatic rings. The Balaban J connectivity index is 2.55. The predicted molar refractivity (Wildman–Crippen MR) is 64.1 cm³/mol. The standard InChI is InChI=1S/C12H23N3O/c1-5-14-12(3,8-13)9-15(4)11-6-7-16-10(11)2/h10-11,14H,5-7,9H2,1-4H3. The van der Waals surface area contributed by atoms with E-state index < -0.39 is 5.54 Å². The SMILES string of the molecule is CCNC(C)(C#N)CN(C)C1CCOC1C. The van der Waals surface area contributed by atoms with Crippen LogP contribution in [0.25, 0.3) is 0 Å². The minimum atomic E-state index is -0.466. The molecule has 3 atom stereocenters. The first kappa shape index (κ1) is 13.4. The van der Waals surface area contributed by atoms with Gasteiger partial charge in [0.25, 0.3) is 0 Å². The molecule has 16 heavy (non-hydrogen) atoms. The minimum absolute atomic E-state index is 0.273. The van der Waals surface area contributed by atoms with Crippen LogP contribution in [0.5, 0.6) is 0 Å². The van der Waals surface area contributed by atoms with Crippen LogP contribution in [0.15, 0.2) is 0 Å². The van der Waals surface area contributed by atoms with Crippen LogP contribution in [0.3, 0.4) is 0 Å². The van der Waals surface area contributed by atoms with Gasteiger partial charge in [0.2, 0.25) is 0 Å². The maximum atomic E-state index is 9.20. The lowest BCUT2D eigenvalue weighted by atomic mass is 10.0. The maximum absolute atomic E-state index is 9.20. The highest BCUT2D eigenvalue weighted by atomic mass is 16.5. The Morgan fingerprint density at radius 3 is 2.75 bits per heavy atom. The Hall–Kier alpha value is -0.630. The van der Waals surface area contributed by atoms with Crippen molar-refractivity contribution in [1.29, 1.82) is 5.26 Å². The lowest BCUT2D eigenvalue weighted by Crippen LogP contribution is -2.52. The van der Waals surface area contributed by atoms with Gasteiger partial charge in [-0.15, -0.1) is 0 Å². The van der Waals surface area contributed by atoms with E-state index in [9.17, 15) is 5.26 Å². The fraction of sp³-hybridized carbons (Fsp3) is 0.917. The summed E-state index contributed by atoms with van der Waals surface area (Å²) in [6.45, 7) is 8.46. The molecule has 0 aliphatic carbocycles. The third-order valence-electron chi connectivity index (χ3n) is 3.28. The summed E-state index contributed by atoms with van der Waals surface area (Å²) in [5.74, 6) is 0. The van der Waals surface area contributed by atoms with Crippen LogP contribution >= 0.6 is 0 Å². The zero-order chi connectivity index (χ0) is 12.2. The molecule has 1 rings (SSSR count). The van der Waals surface area contributed by atoms with Crippen molar-refractivity contribution < 1.29 is 4.74 Å². The molecule has 0 aromatic carbocycles. The first-order chi connectivity index (χ1) is 7.52. The van der Waals surface area contributed by atoms with Crippen molar-refractivity contribution in [2.75, 3.05) is 26.7 Å². The van der Waals surface area contributed by atoms with Gasteiger partial charge in [0, 0.05) is 19.2 Å². The first-order valence-electron chi connectivity index (χ1n) is 6.00. The van der Waals surface area contributed by atoms with E-state index >= 15 is 0 Å². The molecule has 4 heteroatoms. The van der Waals surface area contributed by atoms with Gasteiger partial charge < -0.3 is 4.74 Å². The molecule has 0 saturated carbocycles. The molecule has 4 nitrogen and oxygen atoms in total. The topological polar surface area (TPSA) is 48.3 Å². The van der Waals surface area contributed by atoms with Crippen molar-refractivity contribution in [1.82, 2.24) is 10.2 Å². The van der Waals surface area contributed by atoms with Gasteiger partial charge >= 0.3 is 0 Å². The Kier molecular flexibility index (Phi) is 4.72. The van der Waals surface area contributed by atoms with Crippen LogP contribution in [0.2, 0.25) is 0 Å². The number of hydrogen-bond donors (Lipinski definition) is 1.